The Morgan fingerprint density at radius 1 is 1.38 bits per heavy atom. The molecule has 1 rings (SSSR count). The SMILES string of the molecule is COC1(CNS(=O)(=O)CCCCCl)CCC1. The van der Waals surface area contributed by atoms with Crippen LogP contribution < -0.4 is 4.72 Å². The molecule has 0 amide bonds. The van der Waals surface area contributed by atoms with Gasteiger partial charge >= 0.3 is 0 Å². The Labute approximate surface area is 103 Å². The van der Waals surface area contributed by atoms with Crippen LogP contribution >= 0.6 is 11.6 Å². The first-order valence-electron chi connectivity index (χ1n) is 5.62. The van der Waals surface area contributed by atoms with Crippen LogP contribution in [0.15, 0.2) is 0 Å². The highest BCUT2D eigenvalue weighted by Crippen LogP contribution is 2.34. The molecule has 0 aromatic carbocycles. The number of ether oxygens (including phenoxy) is 1. The summed E-state index contributed by atoms with van der Waals surface area (Å²) < 4.78 is 31.2. The first kappa shape index (κ1) is 14.2. The summed E-state index contributed by atoms with van der Waals surface area (Å²) in [4.78, 5) is 0. The number of nitrogens with one attached hydrogen (secondary N) is 1. The summed E-state index contributed by atoms with van der Waals surface area (Å²) in [7, 11) is -1.52. The van der Waals surface area contributed by atoms with Gasteiger partial charge in [0.05, 0.1) is 11.4 Å². The minimum absolute atomic E-state index is 0.152. The Morgan fingerprint density at radius 2 is 2.06 bits per heavy atom. The number of unbranched alkanes of at least 4 members (excludes halogenated alkanes) is 1. The van der Waals surface area contributed by atoms with Gasteiger partial charge in [-0.25, -0.2) is 13.1 Å². The fourth-order valence-corrected chi connectivity index (χ4v) is 3.12. The zero-order valence-corrected chi connectivity index (χ0v) is 11.2. The van der Waals surface area contributed by atoms with Crippen LogP contribution in [0.5, 0.6) is 0 Å². The monoisotopic (exact) mass is 269 g/mol. The lowest BCUT2D eigenvalue weighted by atomic mass is 9.80. The molecule has 0 radical (unpaired) electrons. The maximum absolute atomic E-state index is 11.6. The van der Waals surface area contributed by atoms with Crippen LogP contribution in [0.1, 0.15) is 32.1 Å². The van der Waals surface area contributed by atoms with E-state index in [-0.39, 0.29) is 11.4 Å². The van der Waals surface area contributed by atoms with Gasteiger partial charge in [0, 0.05) is 19.5 Å². The van der Waals surface area contributed by atoms with Gasteiger partial charge in [-0.15, -0.1) is 11.6 Å². The molecule has 4 nitrogen and oxygen atoms in total. The van der Waals surface area contributed by atoms with E-state index < -0.39 is 10.0 Å². The lowest BCUT2D eigenvalue weighted by Crippen LogP contribution is -2.49. The van der Waals surface area contributed by atoms with Gasteiger partial charge in [0.15, 0.2) is 0 Å². The zero-order valence-electron chi connectivity index (χ0n) is 9.67. The zero-order chi connectivity index (χ0) is 12.1. The fourth-order valence-electron chi connectivity index (χ4n) is 1.72. The molecule has 1 N–H and O–H groups in total. The number of halogens is 1. The molecular weight excluding hydrogens is 250 g/mol. The van der Waals surface area contributed by atoms with E-state index in [1.165, 1.54) is 0 Å². The van der Waals surface area contributed by atoms with Gasteiger partial charge in [-0.05, 0) is 32.1 Å². The predicted molar refractivity (Wildman–Crippen MR) is 65.3 cm³/mol. The summed E-state index contributed by atoms with van der Waals surface area (Å²) in [6, 6.07) is 0. The van der Waals surface area contributed by atoms with Crippen LogP contribution in [0.3, 0.4) is 0 Å². The third-order valence-corrected chi connectivity index (χ3v) is 4.79. The number of hydrogen-bond acceptors (Lipinski definition) is 3. The summed E-state index contributed by atoms with van der Waals surface area (Å²) in [6.07, 6.45) is 4.33. The molecule has 0 atom stereocenters. The average molecular weight is 270 g/mol. The van der Waals surface area contributed by atoms with Crippen molar-refractivity contribution in [3.63, 3.8) is 0 Å². The Morgan fingerprint density at radius 3 is 2.50 bits per heavy atom. The van der Waals surface area contributed by atoms with Crippen molar-refractivity contribution in [1.82, 2.24) is 4.72 Å². The van der Waals surface area contributed by atoms with Gasteiger partial charge in [-0.1, -0.05) is 0 Å². The molecule has 0 saturated heterocycles. The lowest BCUT2D eigenvalue weighted by molar-refractivity contribution is -0.0659. The van der Waals surface area contributed by atoms with E-state index >= 15 is 0 Å². The minimum Gasteiger partial charge on any atom is -0.377 e. The summed E-state index contributed by atoms with van der Waals surface area (Å²) in [5.41, 5.74) is -0.250. The van der Waals surface area contributed by atoms with Crippen LogP contribution in [0.25, 0.3) is 0 Å². The molecule has 0 aromatic rings. The van der Waals surface area contributed by atoms with Crippen molar-refractivity contribution >= 4 is 21.6 Å². The van der Waals surface area contributed by atoms with Crippen molar-refractivity contribution in [1.29, 1.82) is 0 Å². The van der Waals surface area contributed by atoms with Crippen molar-refractivity contribution in [2.24, 2.45) is 0 Å². The van der Waals surface area contributed by atoms with E-state index in [9.17, 15) is 8.42 Å². The molecule has 16 heavy (non-hydrogen) atoms. The molecule has 0 heterocycles. The standard InChI is InChI=1S/C10H20ClNO3S/c1-15-10(5-4-6-10)9-12-16(13,14)8-3-2-7-11/h12H,2-9H2,1H3. The van der Waals surface area contributed by atoms with Crippen molar-refractivity contribution in [3.8, 4) is 0 Å². The predicted octanol–water partition coefficient (Wildman–Crippen LogP) is 1.49. The number of methoxy groups -OCH3 is 1. The highest BCUT2D eigenvalue weighted by atomic mass is 35.5. The molecule has 0 bridgehead atoms. The minimum atomic E-state index is -3.16. The molecule has 1 fully saturated rings. The molecule has 6 heteroatoms. The fraction of sp³-hybridized carbons (Fsp3) is 1.00. The largest absolute Gasteiger partial charge is 0.377 e. The van der Waals surface area contributed by atoms with Gasteiger partial charge in [-0.2, -0.15) is 0 Å². The van der Waals surface area contributed by atoms with Gasteiger partial charge in [0.25, 0.3) is 0 Å². The lowest BCUT2D eigenvalue weighted by Gasteiger charge is -2.40. The van der Waals surface area contributed by atoms with Crippen molar-refractivity contribution in [2.45, 2.75) is 37.7 Å². The Hall–Kier alpha value is 0.160. The van der Waals surface area contributed by atoms with E-state index in [1.54, 1.807) is 7.11 Å². The van der Waals surface area contributed by atoms with Crippen molar-refractivity contribution in [2.75, 3.05) is 25.3 Å². The van der Waals surface area contributed by atoms with Gasteiger partial charge < -0.3 is 4.74 Å². The molecular formula is C10H20ClNO3S. The Kier molecular flexibility index (Phi) is 5.50. The maximum atomic E-state index is 11.6. The highest BCUT2D eigenvalue weighted by molar-refractivity contribution is 7.89. The van der Waals surface area contributed by atoms with Gasteiger partial charge in [0.2, 0.25) is 10.0 Å². The second-order valence-corrected chi connectivity index (χ2v) is 6.58. The van der Waals surface area contributed by atoms with Gasteiger partial charge in [-0.3, -0.25) is 0 Å². The molecule has 0 unspecified atom stereocenters. The molecule has 0 spiro atoms. The third kappa shape index (κ3) is 4.20. The van der Waals surface area contributed by atoms with Crippen LogP contribution in [0, 0.1) is 0 Å². The summed E-state index contributed by atoms with van der Waals surface area (Å²) in [5.74, 6) is 0.664. The van der Waals surface area contributed by atoms with E-state index in [4.69, 9.17) is 16.3 Å². The third-order valence-electron chi connectivity index (χ3n) is 3.11. The average Bonchev–Trinajstić information content (AvgIpc) is 2.17. The van der Waals surface area contributed by atoms with E-state index in [0.717, 1.165) is 25.7 Å². The maximum Gasteiger partial charge on any atom is 0.211 e. The topological polar surface area (TPSA) is 55.4 Å². The smallest absolute Gasteiger partial charge is 0.211 e. The first-order valence-corrected chi connectivity index (χ1v) is 7.81. The summed E-state index contributed by atoms with van der Waals surface area (Å²) in [5, 5.41) is 0. The molecule has 0 aliphatic heterocycles. The molecule has 1 saturated carbocycles. The summed E-state index contributed by atoms with van der Waals surface area (Å²) >= 11 is 5.50. The number of alkyl halides is 1. The normalized spacial score (nSPS) is 19.4. The van der Waals surface area contributed by atoms with E-state index in [1.807, 2.05) is 0 Å². The second kappa shape index (κ2) is 6.19. The van der Waals surface area contributed by atoms with Gasteiger partial charge in [0.1, 0.15) is 0 Å². The highest BCUT2D eigenvalue weighted by Gasteiger charge is 2.37. The second-order valence-electron chi connectivity index (χ2n) is 4.28. The Bertz CT molecular complexity index is 296. The first-order chi connectivity index (χ1) is 7.54. The summed E-state index contributed by atoms with van der Waals surface area (Å²) in [6.45, 7) is 0.396. The Balaban J connectivity index is 2.30. The van der Waals surface area contributed by atoms with Crippen LogP contribution in [0.2, 0.25) is 0 Å². The van der Waals surface area contributed by atoms with Crippen LogP contribution in [-0.2, 0) is 14.8 Å². The molecule has 96 valence electrons. The molecule has 1 aliphatic rings. The van der Waals surface area contributed by atoms with E-state index in [2.05, 4.69) is 4.72 Å². The van der Waals surface area contributed by atoms with Crippen LogP contribution in [0.4, 0.5) is 0 Å². The van der Waals surface area contributed by atoms with E-state index in [0.29, 0.717) is 18.8 Å². The number of rotatable bonds is 8. The number of hydrogen-bond donors (Lipinski definition) is 1. The van der Waals surface area contributed by atoms with Crippen molar-refractivity contribution < 1.29 is 13.2 Å². The van der Waals surface area contributed by atoms with Crippen LogP contribution in [-0.4, -0.2) is 39.3 Å². The number of sulfonamides is 1. The molecule has 0 aromatic heterocycles. The molecule has 1 aliphatic carbocycles. The van der Waals surface area contributed by atoms with Crippen molar-refractivity contribution in [3.05, 3.63) is 0 Å². The quantitative estimate of drug-likeness (QED) is 0.537.